The van der Waals surface area contributed by atoms with Crippen LogP contribution < -0.4 is 0 Å². The lowest BCUT2D eigenvalue weighted by Crippen LogP contribution is -2.08. The van der Waals surface area contributed by atoms with Crippen LogP contribution in [0.15, 0.2) is 65.6 Å². The molecule has 0 aliphatic heterocycles. The molecule has 0 saturated heterocycles. The van der Waals surface area contributed by atoms with E-state index in [0.717, 1.165) is 16.9 Å². The first-order valence-electron chi connectivity index (χ1n) is 8.24. The second-order valence-electron chi connectivity index (χ2n) is 6.08. The van der Waals surface area contributed by atoms with Gasteiger partial charge in [-0.1, -0.05) is 54.6 Å². The first-order chi connectivity index (χ1) is 12.9. The predicted molar refractivity (Wildman–Crippen MR) is 109 cm³/mol. The molecule has 0 fully saturated rings. The Hall–Kier alpha value is -2.70. The minimum atomic E-state index is -3.63. The molecular weight excluding hydrogens is 380 g/mol. The summed E-state index contributed by atoms with van der Waals surface area (Å²) in [6, 6.07) is 18.0. The van der Waals surface area contributed by atoms with Gasteiger partial charge in [0.25, 0.3) is 0 Å². The molecule has 6 heteroatoms. The summed E-state index contributed by atoms with van der Waals surface area (Å²) >= 11 is 1.08. The third-order valence-electron chi connectivity index (χ3n) is 4.04. The molecule has 0 radical (unpaired) electrons. The van der Waals surface area contributed by atoms with Gasteiger partial charge in [0.05, 0.1) is 10.6 Å². The molecule has 1 heterocycles. The first-order valence-corrected chi connectivity index (χ1v) is 10.7. The van der Waals surface area contributed by atoms with Crippen LogP contribution in [0.3, 0.4) is 0 Å². The number of hydrogen-bond acceptors (Lipinski definition) is 4. The van der Waals surface area contributed by atoms with E-state index in [0.29, 0.717) is 16.0 Å². The van der Waals surface area contributed by atoms with Crippen LogP contribution in [-0.4, -0.2) is 19.5 Å². The monoisotopic (exact) mass is 398 g/mol. The quantitative estimate of drug-likeness (QED) is 0.641. The number of aryl methyl sites for hydroxylation is 1. The molecule has 4 nitrogen and oxygen atoms in total. The normalized spacial score (nSPS) is 11.7. The van der Waals surface area contributed by atoms with Gasteiger partial charge in [-0.15, -0.1) is 11.3 Å². The van der Waals surface area contributed by atoms with Crippen LogP contribution in [0.2, 0.25) is 0 Å². The zero-order chi connectivity index (χ0) is 19.4. The Balaban J connectivity index is 1.93. The van der Waals surface area contributed by atoms with Gasteiger partial charge < -0.3 is 5.11 Å². The van der Waals surface area contributed by atoms with E-state index in [2.05, 4.69) is 0 Å². The van der Waals surface area contributed by atoms with Crippen molar-refractivity contribution in [1.29, 1.82) is 0 Å². The van der Waals surface area contributed by atoms with Crippen molar-refractivity contribution in [3.05, 3.63) is 87.1 Å². The molecule has 1 N–H and O–H groups in total. The van der Waals surface area contributed by atoms with Crippen molar-refractivity contribution in [3.8, 4) is 0 Å². The SMILES string of the molecule is Cc1ccccc1S(=O)(=O)Cc1cc(/C=C/c2ccccc2)sc1C(=O)O. The summed E-state index contributed by atoms with van der Waals surface area (Å²) in [5.41, 5.74) is 1.94. The molecule has 0 unspecified atom stereocenters. The Labute approximate surface area is 162 Å². The summed E-state index contributed by atoms with van der Waals surface area (Å²) in [5.74, 6) is -1.45. The minimum absolute atomic E-state index is 0.0554. The Morgan fingerprint density at radius 3 is 2.37 bits per heavy atom. The molecule has 2 aromatic carbocycles. The maximum Gasteiger partial charge on any atom is 0.346 e. The number of carbonyl (C=O) groups is 1. The fourth-order valence-electron chi connectivity index (χ4n) is 2.75. The average molecular weight is 399 g/mol. The molecule has 0 spiro atoms. The molecule has 3 aromatic rings. The fourth-order valence-corrected chi connectivity index (χ4v) is 5.40. The number of carboxylic acid groups (broad SMARTS) is 1. The molecule has 0 bridgehead atoms. The van der Waals surface area contributed by atoms with Crippen molar-refractivity contribution in [1.82, 2.24) is 0 Å². The van der Waals surface area contributed by atoms with Crippen LogP contribution in [0.5, 0.6) is 0 Å². The molecule has 0 saturated carbocycles. The minimum Gasteiger partial charge on any atom is -0.477 e. The first kappa shape index (κ1) is 19.1. The highest BCUT2D eigenvalue weighted by Gasteiger charge is 2.23. The zero-order valence-electron chi connectivity index (χ0n) is 14.6. The Morgan fingerprint density at radius 2 is 1.70 bits per heavy atom. The highest BCUT2D eigenvalue weighted by atomic mass is 32.2. The van der Waals surface area contributed by atoms with Gasteiger partial charge in [0, 0.05) is 4.88 Å². The van der Waals surface area contributed by atoms with Crippen molar-refractivity contribution in [3.63, 3.8) is 0 Å². The van der Waals surface area contributed by atoms with E-state index in [4.69, 9.17) is 0 Å². The topological polar surface area (TPSA) is 71.4 Å². The van der Waals surface area contributed by atoms with Gasteiger partial charge in [-0.2, -0.15) is 0 Å². The van der Waals surface area contributed by atoms with E-state index in [1.54, 1.807) is 43.3 Å². The summed E-state index contributed by atoms with van der Waals surface area (Å²) in [4.78, 5) is 12.6. The lowest BCUT2D eigenvalue weighted by molar-refractivity contribution is 0.0701. The number of rotatable bonds is 6. The van der Waals surface area contributed by atoms with Crippen LogP contribution in [0.4, 0.5) is 0 Å². The summed E-state index contributed by atoms with van der Waals surface area (Å²) in [5, 5.41) is 9.48. The molecule has 0 aliphatic carbocycles. The van der Waals surface area contributed by atoms with Crippen molar-refractivity contribution in [2.75, 3.05) is 0 Å². The maximum atomic E-state index is 12.8. The molecular formula is C21H18O4S2. The molecule has 0 atom stereocenters. The third kappa shape index (κ3) is 4.53. The lowest BCUT2D eigenvalue weighted by Gasteiger charge is -2.07. The summed E-state index contributed by atoms with van der Waals surface area (Å²) in [6.07, 6.45) is 3.67. The predicted octanol–water partition coefficient (Wildman–Crippen LogP) is 4.90. The molecule has 27 heavy (non-hydrogen) atoms. The van der Waals surface area contributed by atoms with Gasteiger partial charge >= 0.3 is 5.97 Å². The van der Waals surface area contributed by atoms with Crippen LogP contribution in [0, 0.1) is 6.92 Å². The summed E-state index contributed by atoms with van der Waals surface area (Å²) in [7, 11) is -3.63. The van der Waals surface area contributed by atoms with E-state index in [-0.39, 0.29) is 15.5 Å². The van der Waals surface area contributed by atoms with Gasteiger partial charge in [-0.05, 0) is 41.8 Å². The molecule has 138 valence electrons. The van der Waals surface area contributed by atoms with Crippen LogP contribution in [0.1, 0.15) is 31.2 Å². The summed E-state index contributed by atoms with van der Waals surface area (Å²) in [6.45, 7) is 1.73. The standard InChI is InChI=1S/C21H18O4S2/c1-15-7-5-6-10-19(15)27(24,25)14-17-13-18(26-20(17)21(22)23)12-11-16-8-3-2-4-9-16/h2-13H,14H2,1H3,(H,22,23)/b12-11+. The largest absolute Gasteiger partial charge is 0.477 e. The number of thiophene rings is 1. The smallest absolute Gasteiger partial charge is 0.346 e. The van der Waals surface area contributed by atoms with E-state index in [1.807, 2.05) is 36.4 Å². The average Bonchev–Trinajstić information content (AvgIpc) is 3.03. The van der Waals surface area contributed by atoms with Gasteiger partial charge in [0.15, 0.2) is 9.84 Å². The van der Waals surface area contributed by atoms with E-state index >= 15 is 0 Å². The summed E-state index contributed by atoms with van der Waals surface area (Å²) < 4.78 is 25.6. The van der Waals surface area contributed by atoms with Crippen molar-refractivity contribution >= 4 is 39.3 Å². The Kier molecular flexibility index (Phi) is 5.58. The van der Waals surface area contributed by atoms with Gasteiger partial charge in [-0.3, -0.25) is 0 Å². The maximum absolute atomic E-state index is 12.8. The number of carboxylic acids is 1. The van der Waals surface area contributed by atoms with Crippen LogP contribution in [-0.2, 0) is 15.6 Å². The number of hydrogen-bond donors (Lipinski definition) is 1. The van der Waals surface area contributed by atoms with Crippen molar-refractivity contribution in [2.45, 2.75) is 17.6 Å². The molecule has 1 aromatic heterocycles. The molecule has 0 aliphatic rings. The fraction of sp³-hybridized carbons (Fsp3) is 0.0952. The second kappa shape index (κ2) is 7.90. The number of aromatic carboxylic acids is 1. The van der Waals surface area contributed by atoms with Crippen molar-refractivity contribution < 1.29 is 18.3 Å². The van der Waals surface area contributed by atoms with E-state index in [9.17, 15) is 18.3 Å². The van der Waals surface area contributed by atoms with Gasteiger partial charge in [-0.25, -0.2) is 13.2 Å². The second-order valence-corrected chi connectivity index (χ2v) is 9.12. The zero-order valence-corrected chi connectivity index (χ0v) is 16.3. The van der Waals surface area contributed by atoms with E-state index in [1.165, 1.54) is 0 Å². The van der Waals surface area contributed by atoms with Gasteiger partial charge in [0.1, 0.15) is 4.88 Å². The molecule has 3 rings (SSSR count). The number of sulfone groups is 1. The Morgan fingerprint density at radius 1 is 1.04 bits per heavy atom. The van der Waals surface area contributed by atoms with Gasteiger partial charge in [0.2, 0.25) is 0 Å². The number of benzene rings is 2. The third-order valence-corrected chi connectivity index (χ3v) is 6.99. The van der Waals surface area contributed by atoms with Crippen molar-refractivity contribution in [2.24, 2.45) is 0 Å². The molecule has 0 amide bonds. The Bertz CT molecular complexity index is 1090. The van der Waals surface area contributed by atoms with E-state index < -0.39 is 15.8 Å². The highest BCUT2D eigenvalue weighted by molar-refractivity contribution is 7.90. The highest BCUT2D eigenvalue weighted by Crippen LogP contribution is 2.29. The lowest BCUT2D eigenvalue weighted by atomic mass is 10.2. The van der Waals surface area contributed by atoms with Crippen LogP contribution in [0.25, 0.3) is 12.2 Å². The van der Waals surface area contributed by atoms with Crippen LogP contribution >= 0.6 is 11.3 Å².